The lowest BCUT2D eigenvalue weighted by Crippen LogP contribution is -2.31. The van der Waals surface area contributed by atoms with Gasteiger partial charge in [-0.25, -0.2) is 4.98 Å². The second-order valence-corrected chi connectivity index (χ2v) is 4.65. The summed E-state index contributed by atoms with van der Waals surface area (Å²) < 4.78 is 16.0. The van der Waals surface area contributed by atoms with E-state index in [1.165, 1.54) is 0 Å². The van der Waals surface area contributed by atoms with E-state index < -0.39 is 6.10 Å². The van der Waals surface area contributed by atoms with E-state index in [9.17, 15) is 5.11 Å². The number of rotatable bonds is 7. The van der Waals surface area contributed by atoms with Gasteiger partial charge in [0.25, 0.3) is 0 Å². The number of benzene rings is 1. The largest absolute Gasteiger partial charge is 0.491 e. The molecule has 1 aliphatic rings. The van der Waals surface area contributed by atoms with Crippen LogP contribution < -0.4 is 19.5 Å². The van der Waals surface area contributed by atoms with Gasteiger partial charge in [0.15, 0.2) is 11.5 Å². The molecule has 1 aromatic heterocycles. The number of nitrogens with one attached hydrogen (secondary N) is 2. The van der Waals surface area contributed by atoms with Gasteiger partial charge in [-0.05, 0) is 12.1 Å². The van der Waals surface area contributed by atoms with Gasteiger partial charge in [0.2, 0.25) is 6.79 Å². The van der Waals surface area contributed by atoms with E-state index in [0.717, 1.165) is 5.82 Å². The topological polar surface area (TPSA) is 88.6 Å². The Labute approximate surface area is 121 Å². The molecule has 2 aromatic rings. The fourth-order valence-corrected chi connectivity index (χ4v) is 1.97. The number of aliphatic hydroxyl groups excluding tert-OH is 1. The van der Waals surface area contributed by atoms with E-state index in [0.29, 0.717) is 30.3 Å². The molecule has 0 spiro atoms. The second-order valence-electron chi connectivity index (χ2n) is 4.65. The quantitative estimate of drug-likeness (QED) is 0.695. The first-order chi connectivity index (χ1) is 10.3. The van der Waals surface area contributed by atoms with Crippen molar-refractivity contribution in [3.63, 3.8) is 0 Å². The highest BCUT2D eigenvalue weighted by Gasteiger charge is 2.14. The molecule has 21 heavy (non-hydrogen) atoms. The van der Waals surface area contributed by atoms with E-state index in [1.54, 1.807) is 30.6 Å². The third kappa shape index (κ3) is 3.65. The first-order valence-electron chi connectivity index (χ1n) is 6.71. The van der Waals surface area contributed by atoms with Crippen molar-refractivity contribution in [1.82, 2.24) is 15.3 Å². The van der Waals surface area contributed by atoms with Crippen LogP contribution in [0.4, 0.5) is 0 Å². The van der Waals surface area contributed by atoms with E-state index in [-0.39, 0.29) is 13.4 Å². The molecule has 2 heterocycles. The van der Waals surface area contributed by atoms with Crippen molar-refractivity contribution in [3.05, 3.63) is 36.4 Å². The van der Waals surface area contributed by atoms with Gasteiger partial charge in [-0.15, -0.1) is 0 Å². The van der Waals surface area contributed by atoms with Crippen molar-refractivity contribution in [1.29, 1.82) is 0 Å². The number of imidazole rings is 1. The van der Waals surface area contributed by atoms with Crippen molar-refractivity contribution in [2.75, 3.05) is 19.9 Å². The normalized spacial score (nSPS) is 14.1. The number of aromatic nitrogens is 2. The molecule has 112 valence electrons. The minimum Gasteiger partial charge on any atom is -0.491 e. The molecule has 3 N–H and O–H groups in total. The summed E-state index contributed by atoms with van der Waals surface area (Å²) >= 11 is 0. The third-order valence-electron chi connectivity index (χ3n) is 3.01. The standard InChI is InChI=1S/C14H17N3O4/c18-10(6-15-7-14-16-3-4-17-14)8-19-11-1-2-12-13(5-11)21-9-20-12/h1-5,10,15,18H,6-9H2,(H,16,17). The van der Waals surface area contributed by atoms with Gasteiger partial charge < -0.3 is 29.6 Å². The molecule has 0 aliphatic carbocycles. The van der Waals surface area contributed by atoms with Crippen LogP contribution in [-0.2, 0) is 6.54 Å². The van der Waals surface area contributed by atoms with Gasteiger partial charge in [-0.2, -0.15) is 0 Å². The predicted octanol–water partition coefficient (Wildman–Crippen LogP) is 0.668. The van der Waals surface area contributed by atoms with Crippen LogP contribution in [0.15, 0.2) is 30.6 Å². The minimum absolute atomic E-state index is 0.199. The number of fused-ring (bicyclic) bond motifs is 1. The van der Waals surface area contributed by atoms with Crippen LogP contribution in [0.25, 0.3) is 0 Å². The Bertz CT molecular complexity index is 574. The van der Waals surface area contributed by atoms with Crippen molar-refractivity contribution >= 4 is 0 Å². The lowest BCUT2D eigenvalue weighted by Gasteiger charge is -2.13. The third-order valence-corrected chi connectivity index (χ3v) is 3.01. The highest BCUT2D eigenvalue weighted by atomic mass is 16.7. The van der Waals surface area contributed by atoms with Crippen molar-refractivity contribution in [2.45, 2.75) is 12.6 Å². The number of ether oxygens (including phenoxy) is 3. The van der Waals surface area contributed by atoms with Gasteiger partial charge >= 0.3 is 0 Å². The molecule has 3 rings (SSSR count). The van der Waals surface area contributed by atoms with Crippen LogP contribution in [-0.4, -0.2) is 41.1 Å². The molecule has 7 nitrogen and oxygen atoms in total. The van der Waals surface area contributed by atoms with Gasteiger partial charge in [0.1, 0.15) is 24.3 Å². The molecule has 0 amide bonds. The number of nitrogens with zero attached hydrogens (tertiary/aromatic N) is 1. The van der Waals surface area contributed by atoms with Crippen LogP contribution in [0.3, 0.4) is 0 Å². The summed E-state index contributed by atoms with van der Waals surface area (Å²) in [5.41, 5.74) is 0. The summed E-state index contributed by atoms with van der Waals surface area (Å²) in [5.74, 6) is 2.85. The van der Waals surface area contributed by atoms with Crippen LogP contribution in [0.2, 0.25) is 0 Å². The molecule has 1 aromatic carbocycles. The lowest BCUT2D eigenvalue weighted by atomic mass is 10.3. The van der Waals surface area contributed by atoms with Crippen LogP contribution >= 0.6 is 0 Å². The summed E-state index contributed by atoms with van der Waals surface area (Å²) in [6.45, 7) is 1.43. The smallest absolute Gasteiger partial charge is 0.231 e. The van der Waals surface area contributed by atoms with Gasteiger partial charge in [0, 0.05) is 25.0 Å². The van der Waals surface area contributed by atoms with E-state index in [2.05, 4.69) is 15.3 Å². The zero-order valence-electron chi connectivity index (χ0n) is 11.4. The average molecular weight is 291 g/mol. The molecule has 0 radical (unpaired) electrons. The zero-order chi connectivity index (χ0) is 14.5. The molecule has 0 saturated carbocycles. The van der Waals surface area contributed by atoms with E-state index in [4.69, 9.17) is 14.2 Å². The molecular formula is C14H17N3O4. The van der Waals surface area contributed by atoms with Crippen LogP contribution in [0.5, 0.6) is 17.2 Å². The monoisotopic (exact) mass is 291 g/mol. The van der Waals surface area contributed by atoms with Crippen molar-refractivity contribution < 1.29 is 19.3 Å². The lowest BCUT2D eigenvalue weighted by molar-refractivity contribution is 0.106. The molecule has 0 saturated heterocycles. The molecule has 7 heteroatoms. The molecule has 1 aliphatic heterocycles. The number of aliphatic hydroxyl groups is 1. The summed E-state index contributed by atoms with van der Waals surface area (Å²) in [7, 11) is 0. The number of hydrogen-bond acceptors (Lipinski definition) is 6. The molecule has 0 fully saturated rings. The SMILES string of the molecule is OC(CNCc1ncc[nH]1)COc1ccc2c(c1)OCO2. The minimum atomic E-state index is -0.606. The van der Waals surface area contributed by atoms with Gasteiger partial charge in [0.05, 0.1) is 6.54 Å². The first-order valence-corrected chi connectivity index (χ1v) is 6.71. The molecule has 0 bridgehead atoms. The molecule has 1 unspecified atom stereocenters. The predicted molar refractivity (Wildman–Crippen MR) is 74.4 cm³/mol. The van der Waals surface area contributed by atoms with Crippen molar-refractivity contribution in [2.24, 2.45) is 0 Å². The van der Waals surface area contributed by atoms with E-state index in [1.807, 2.05) is 0 Å². The highest BCUT2D eigenvalue weighted by Crippen LogP contribution is 2.35. The number of aromatic amines is 1. The van der Waals surface area contributed by atoms with Gasteiger partial charge in [-0.3, -0.25) is 0 Å². The Morgan fingerprint density at radius 2 is 2.29 bits per heavy atom. The maximum absolute atomic E-state index is 9.86. The second kappa shape index (κ2) is 6.47. The summed E-state index contributed by atoms with van der Waals surface area (Å²) in [6.07, 6.45) is 2.84. The molecular weight excluding hydrogens is 274 g/mol. The summed E-state index contributed by atoms with van der Waals surface area (Å²) in [4.78, 5) is 7.06. The summed E-state index contributed by atoms with van der Waals surface area (Å²) in [5, 5.41) is 13.0. The Hall–Kier alpha value is -2.25. The Balaban J connectivity index is 1.40. The van der Waals surface area contributed by atoms with E-state index >= 15 is 0 Å². The zero-order valence-corrected chi connectivity index (χ0v) is 11.4. The average Bonchev–Trinajstić information content (AvgIpc) is 3.15. The number of hydrogen-bond donors (Lipinski definition) is 3. The van der Waals surface area contributed by atoms with Gasteiger partial charge in [-0.1, -0.05) is 0 Å². The Morgan fingerprint density at radius 1 is 1.38 bits per heavy atom. The Morgan fingerprint density at radius 3 is 3.14 bits per heavy atom. The molecule has 1 atom stereocenters. The highest BCUT2D eigenvalue weighted by molar-refractivity contribution is 5.46. The number of H-pyrrole nitrogens is 1. The Kier molecular flexibility index (Phi) is 4.23. The van der Waals surface area contributed by atoms with Crippen molar-refractivity contribution in [3.8, 4) is 17.2 Å². The maximum atomic E-state index is 9.86. The fourth-order valence-electron chi connectivity index (χ4n) is 1.97. The fraction of sp³-hybridized carbons (Fsp3) is 0.357. The first kappa shape index (κ1) is 13.7. The maximum Gasteiger partial charge on any atom is 0.231 e. The van der Waals surface area contributed by atoms with Crippen LogP contribution in [0, 0.1) is 0 Å². The summed E-state index contributed by atoms with van der Waals surface area (Å²) in [6, 6.07) is 5.33. The van der Waals surface area contributed by atoms with Crippen LogP contribution in [0.1, 0.15) is 5.82 Å².